The Hall–Kier alpha value is -3.98. The fraction of sp³-hybridized carbons (Fsp3) is 0.0500. The lowest BCUT2D eigenvalue weighted by Gasteiger charge is -2.09. The maximum absolute atomic E-state index is 12.4. The van der Waals surface area contributed by atoms with Gasteiger partial charge >= 0.3 is 5.76 Å². The summed E-state index contributed by atoms with van der Waals surface area (Å²) >= 11 is 6.08. The molecular weight excluding hydrogens is 410 g/mol. The van der Waals surface area contributed by atoms with Crippen molar-refractivity contribution >= 4 is 23.2 Å². The quantitative estimate of drug-likeness (QED) is 0.505. The second kappa shape index (κ2) is 8.58. The SMILES string of the molecule is O=C(Cn1c(-c2ncccn2)noc1=O)Nc1ccc(Oc2ccccc2Cl)cc1. The van der Waals surface area contributed by atoms with Gasteiger partial charge in [-0.15, -0.1) is 0 Å². The number of ether oxygens (including phenoxy) is 1. The molecule has 4 rings (SSSR count). The number of hydrogen-bond acceptors (Lipinski definition) is 7. The third kappa shape index (κ3) is 4.36. The van der Waals surface area contributed by atoms with Crippen LogP contribution in [0.1, 0.15) is 0 Å². The summed E-state index contributed by atoms with van der Waals surface area (Å²) in [4.78, 5) is 32.4. The Balaban J connectivity index is 1.43. The van der Waals surface area contributed by atoms with Gasteiger partial charge in [-0.25, -0.2) is 19.3 Å². The summed E-state index contributed by atoms with van der Waals surface area (Å²) < 4.78 is 11.4. The highest BCUT2D eigenvalue weighted by Crippen LogP contribution is 2.29. The second-order valence-corrected chi connectivity index (χ2v) is 6.44. The van der Waals surface area contributed by atoms with Crippen LogP contribution in [0.5, 0.6) is 11.5 Å². The third-order valence-corrected chi connectivity index (χ3v) is 4.27. The van der Waals surface area contributed by atoms with E-state index in [2.05, 4.69) is 25.0 Å². The van der Waals surface area contributed by atoms with E-state index < -0.39 is 11.7 Å². The molecule has 0 bridgehead atoms. The molecule has 1 amide bonds. The van der Waals surface area contributed by atoms with Gasteiger partial charge in [-0.05, 0) is 42.5 Å². The summed E-state index contributed by atoms with van der Waals surface area (Å²) in [6, 6.07) is 15.4. The summed E-state index contributed by atoms with van der Waals surface area (Å²) in [5.74, 6) is 0.100. The highest BCUT2D eigenvalue weighted by molar-refractivity contribution is 6.32. The normalized spacial score (nSPS) is 10.6. The first kappa shape index (κ1) is 19.3. The molecule has 0 saturated carbocycles. The van der Waals surface area contributed by atoms with Gasteiger partial charge in [0.05, 0.1) is 5.02 Å². The number of halogens is 1. The van der Waals surface area contributed by atoms with Gasteiger partial charge in [0.15, 0.2) is 5.82 Å². The van der Waals surface area contributed by atoms with Crippen LogP contribution in [-0.2, 0) is 11.3 Å². The molecule has 2 aromatic carbocycles. The molecule has 2 aromatic heterocycles. The van der Waals surface area contributed by atoms with E-state index in [-0.39, 0.29) is 18.2 Å². The molecule has 30 heavy (non-hydrogen) atoms. The van der Waals surface area contributed by atoms with Crippen molar-refractivity contribution in [1.29, 1.82) is 0 Å². The molecule has 10 heteroatoms. The largest absolute Gasteiger partial charge is 0.456 e. The zero-order chi connectivity index (χ0) is 20.9. The van der Waals surface area contributed by atoms with Crippen molar-refractivity contribution in [2.45, 2.75) is 6.54 Å². The molecule has 9 nitrogen and oxygen atoms in total. The van der Waals surface area contributed by atoms with E-state index in [1.807, 2.05) is 12.1 Å². The van der Waals surface area contributed by atoms with E-state index in [0.717, 1.165) is 4.57 Å². The monoisotopic (exact) mass is 423 g/mol. The molecule has 150 valence electrons. The van der Waals surface area contributed by atoms with Gasteiger partial charge in [-0.1, -0.05) is 28.9 Å². The van der Waals surface area contributed by atoms with Gasteiger partial charge in [0, 0.05) is 18.1 Å². The van der Waals surface area contributed by atoms with E-state index in [1.54, 1.807) is 42.5 Å². The minimum Gasteiger partial charge on any atom is -0.456 e. The molecule has 0 radical (unpaired) electrons. The van der Waals surface area contributed by atoms with E-state index >= 15 is 0 Å². The topological polar surface area (TPSA) is 112 Å². The fourth-order valence-electron chi connectivity index (χ4n) is 2.59. The molecule has 0 aliphatic rings. The fourth-order valence-corrected chi connectivity index (χ4v) is 2.76. The minimum absolute atomic E-state index is 0.0687. The highest BCUT2D eigenvalue weighted by Gasteiger charge is 2.17. The molecule has 1 N–H and O–H groups in total. The number of nitrogens with one attached hydrogen (secondary N) is 1. The second-order valence-electron chi connectivity index (χ2n) is 6.04. The van der Waals surface area contributed by atoms with Crippen molar-refractivity contribution in [3.63, 3.8) is 0 Å². The van der Waals surface area contributed by atoms with Crippen LogP contribution in [0.3, 0.4) is 0 Å². The van der Waals surface area contributed by atoms with Gasteiger partial charge in [0.2, 0.25) is 11.7 Å². The molecule has 2 heterocycles. The van der Waals surface area contributed by atoms with Crippen molar-refractivity contribution in [2.75, 3.05) is 5.32 Å². The number of rotatable bonds is 6. The Morgan fingerprint density at radius 2 is 1.80 bits per heavy atom. The lowest BCUT2D eigenvalue weighted by Crippen LogP contribution is -2.25. The number of para-hydroxylation sites is 1. The molecule has 4 aromatic rings. The maximum atomic E-state index is 12.4. The number of anilines is 1. The van der Waals surface area contributed by atoms with Crippen LogP contribution in [0, 0.1) is 0 Å². The molecule has 0 spiro atoms. The standard InChI is InChI=1S/C20H14ClN5O4/c21-15-4-1-2-5-16(15)29-14-8-6-13(7-9-14)24-17(27)12-26-19(25-30-20(26)28)18-22-10-3-11-23-18/h1-11H,12H2,(H,24,27). The highest BCUT2D eigenvalue weighted by atomic mass is 35.5. The first-order valence-corrected chi connectivity index (χ1v) is 9.14. The summed E-state index contributed by atoms with van der Waals surface area (Å²) in [7, 11) is 0. The van der Waals surface area contributed by atoms with Gasteiger partial charge in [0.1, 0.15) is 18.0 Å². The molecule has 0 atom stereocenters. The first-order valence-electron chi connectivity index (χ1n) is 8.76. The molecule has 0 fully saturated rings. The van der Waals surface area contributed by atoms with Crippen LogP contribution < -0.4 is 15.8 Å². The van der Waals surface area contributed by atoms with Crippen molar-refractivity contribution in [3.8, 4) is 23.1 Å². The van der Waals surface area contributed by atoms with E-state index in [4.69, 9.17) is 16.3 Å². The maximum Gasteiger partial charge on any atom is 0.442 e. The van der Waals surface area contributed by atoms with Gasteiger partial charge in [-0.3, -0.25) is 9.32 Å². The van der Waals surface area contributed by atoms with Crippen LogP contribution >= 0.6 is 11.6 Å². The van der Waals surface area contributed by atoms with Crippen LogP contribution in [0.25, 0.3) is 11.6 Å². The predicted octanol–water partition coefficient (Wildman–Crippen LogP) is 3.38. The Morgan fingerprint density at radius 3 is 2.53 bits per heavy atom. The van der Waals surface area contributed by atoms with E-state index in [0.29, 0.717) is 22.2 Å². The van der Waals surface area contributed by atoms with Crippen molar-refractivity contribution in [2.24, 2.45) is 0 Å². The molecular formula is C20H14ClN5O4. The summed E-state index contributed by atoms with van der Waals surface area (Å²) in [5, 5.41) is 6.84. The van der Waals surface area contributed by atoms with Crippen LogP contribution in [-0.4, -0.2) is 25.6 Å². The minimum atomic E-state index is -0.781. The number of carbonyl (C=O) groups excluding carboxylic acids is 1. The average molecular weight is 424 g/mol. The number of hydrogen-bond donors (Lipinski definition) is 1. The van der Waals surface area contributed by atoms with E-state index in [1.165, 1.54) is 12.4 Å². The van der Waals surface area contributed by atoms with Crippen LogP contribution in [0.2, 0.25) is 5.02 Å². The zero-order valence-electron chi connectivity index (χ0n) is 15.4. The summed E-state index contributed by atoms with van der Waals surface area (Å²) in [6.45, 7) is -0.312. The average Bonchev–Trinajstić information content (AvgIpc) is 3.12. The van der Waals surface area contributed by atoms with Crippen molar-refractivity contribution < 1.29 is 14.1 Å². The van der Waals surface area contributed by atoms with Crippen LogP contribution in [0.15, 0.2) is 76.3 Å². The van der Waals surface area contributed by atoms with Crippen molar-refractivity contribution in [1.82, 2.24) is 19.7 Å². The Kier molecular flexibility index (Phi) is 5.53. The predicted molar refractivity (Wildman–Crippen MR) is 108 cm³/mol. The first-order chi connectivity index (χ1) is 14.6. The molecule has 0 unspecified atom stereocenters. The van der Waals surface area contributed by atoms with Crippen LogP contribution in [0.4, 0.5) is 5.69 Å². The number of benzene rings is 2. The van der Waals surface area contributed by atoms with Gasteiger partial charge in [-0.2, -0.15) is 0 Å². The molecule has 0 aliphatic carbocycles. The Labute approximate surface area is 174 Å². The zero-order valence-corrected chi connectivity index (χ0v) is 16.1. The number of aromatic nitrogens is 4. The summed E-state index contributed by atoms with van der Waals surface area (Å²) in [6.07, 6.45) is 3.00. The number of carbonyl (C=O) groups is 1. The van der Waals surface area contributed by atoms with Gasteiger partial charge < -0.3 is 10.1 Å². The Morgan fingerprint density at radius 1 is 1.07 bits per heavy atom. The lowest BCUT2D eigenvalue weighted by atomic mass is 10.3. The third-order valence-electron chi connectivity index (χ3n) is 3.96. The lowest BCUT2D eigenvalue weighted by molar-refractivity contribution is -0.116. The number of amides is 1. The number of nitrogens with zero attached hydrogens (tertiary/aromatic N) is 4. The molecule has 0 aliphatic heterocycles. The Bertz CT molecular complexity index is 1220. The smallest absolute Gasteiger partial charge is 0.442 e. The van der Waals surface area contributed by atoms with E-state index in [9.17, 15) is 9.59 Å². The molecule has 0 saturated heterocycles. The summed E-state index contributed by atoms with van der Waals surface area (Å²) in [5.41, 5.74) is 0.522. The van der Waals surface area contributed by atoms with Crippen molar-refractivity contribution in [3.05, 3.63) is 82.6 Å². The van der Waals surface area contributed by atoms with Gasteiger partial charge in [0.25, 0.3) is 0 Å².